The van der Waals surface area contributed by atoms with E-state index in [1.807, 2.05) is 54.6 Å². The van der Waals surface area contributed by atoms with Gasteiger partial charge in [-0.1, -0.05) is 41.4 Å². The summed E-state index contributed by atoms with van der Waals surface area (Å²) in [5, 5.41) is 4.37. The lowest BCUT2D eigenvalue weighted by atomic mass is 9.88. The third-order valence-corrected chi connectivity index (χ3v) is 11.7. The minimum Gasteiger partial charge on any atom is -0.376 e. The molecule has 2 atom stereocenters. The van der Waals surface area contributed by atoms with Crippen LogP contribution in [0.2, 0.25) is 10.0 Å². The number of benzene rings is 2. The molecular formula is C38H48Cl2FN5O4. The number of para-hydroxylation sites is 1. The molecule has 1 aromatic heterocycles. The summed E-state index contributed by atoms with van der Waals surface area (Å²) in [7, 11) is 1.89. The number of hydrogen-bond donors (Lipinski definition) is 1. The Morgan fingerprint density at radius 2 is 1.76 bits per heavy atom. The predicted molar refractivity (Wildman–Crippen MR) is 196 cm³/mol. The molecule has 3 aromatic rings. The summed E-state index contributed by atoms with van der Waals surface area (Å²) in [6.45, 7) is 7.68. The van der Waals surface area contributed by atoms with Gasteiger partial charge < -0.3 is 24.3 Å². The molecule has 3 fully saturated rings. The molecule has 2 saturated heterocycles. The fourth-order valence-electron chi connectivity index (χ4n) is 7.83. The van der Waals surface area contributed by atoms with E-state index in [1.54, 1.807) is 18.3 Å². The van der Waals surface area contributed by atoms with Gasteiger partial charge in [-0.15, -0.1) is 0 Å². The van der Waals surface area contributed by atoms with Crippen molar-refractivity contribution in [3.63, 3.8) is 0 Å². The molecule has 50 heavy (non-hydrogen) atoms. The summed E-state index contributed by atoms with van der Waals surface area (Å²) in [5.41, 5.74) is 1.94. The average Bonchev–Trinajstić information content (AvgIpc) is 3.71. The van der Waals surface area contributed by atoms with E-state index in [4.69, 9.17) is 27.9 Å². The molecule has 3 aliphatic rings. The summed E-state index contributed by atoms with van der Waals surface area (Å²) in [4.78, 5) is 45.1. The number of nitrogens with zero attached hydrogens (tertiary/aromatic N) is 4. The van der Waals surface area contributed by atoms with Crippen LogP contribution in [0.25, 0.3) is 10.9 Å². The topological polar surface area (TPSA) is 87.1 Å². The SMILES string of the molecule is Cn1cc(C(=O)Nc2cc(Cl)c(CC(=O)N3C[C@@H](N4CCN(C(C)(C)CF)CC4)C[C@H]3CO[C@H]3CC[C@H](C=O)CC3)cc2Cl)c2ccccc21. The fourth-order valence-corrected chi connectivity index (χ4v) is 8.30. The van der Waals surface area contributed by atoms with Gasteiger partial charge in [0.1, 0.15) is 13.0 Å². The maximum Gasteiger partial charge on any atom is 0.257 e. The average molecular weight is 729 g/mol. The van der Waals surface area contributed by atoms with Crippen molar-refractivity contribution in [1.82, 2.24) is 19.3 Å². The van der Waals surface area contributed by atoms with Crippen molar-refractivity contribution in [2.75, 3.05) is 51.3 Å². The van der Waals surface area contributed by atoms with Crippen molar-refractivity contribution < 1.29 is 23.5 Å². The Hall–Kier alpha value is -3.02. The monoisotopic (exact) mass is 727 g/mol. The number of carbonyl (C=O) groups is 3. The zero-order chi connectivity index (χ0) is 35.6. The van der Waals surface area contributed by atoms with Crippen molar-refractivity contribution in [2.24, 2.45) is 13.0 Å². The number of halogens is 3. The smallest absolute Gasteiger partial charge is 0.257 e. The van der Waals surface area contributed by atoms with Crippen LogP contribution in [0.15, 0.2) is 42.6 Å². The molecule has 0 unspecified atom stereocenters. The number of likely N-dealkylation sites (tertiary alicyclic amines) is 1. The van der Waals surface area contributed by atoms with Crippen LogP contribution < -0.4 is 5.32 Å². The van der Waals surface area contributed by atoms with Crippen LogP contribution in [-0.2, 0) is 27.8 Å². The number of alkyl halides is 1. The molecule has 2 aliphatic heterocycles. The zero-order valence-electron chi connectivity index (χ0n) is 29.2. The Bertz CT molecular complexity index is 1700. The largest absolute Gasteiger partial charge is 0.376 e. The second kappa shape index (κ2) is 15.7. The molecule has 2 aromatic carbocycles. The van der Waals surface area contributed by atoms with Crippen LogP contribution in [0, 0.1) is 5.92 Å². The second-order valence-electron chi connectivity index (χ2n) is 14.8. The van der Waals surface area contributed by atoms with Crippen molar-refractivity contribution in [2.45, 2.75) is 76.1 Å². The van der Waals surface area contributed by atoms with Gasteiger partial charge in [-0.2, -0.15) is 0 Å². The number of rotatable bonds is 11. The summed E-state index contributed by atoms with van der Waals surface area (Å²) in [6, 6.07) is 11.0. The molecule has 270 valence electrons. The van der Waals surface area contributed by atoms with E-state index in [0.29, 0.717) is 40.0 Å². The van der Waals surface area contributed by atoms with Crippen LogP contribution in [0.3, 0.4) is 0 Å². The molecule has 9 nitrogen and oxygen atoms in total. The molecule has 6 rings (SSSR count). The van der Waals surface area contributed by atoms with Crippen LogP contribution in [0.1, 0.15) is 61.9 Å². The van der Waals surface area contributed by atoms with Crippen LogP contribution in [0.4, 0.5) is 10.1 Å². The number of amides is 2. The van der Waals surface area contributed by atoms with E-state index in [-0.39, 0.29) is 42.3 Å². The third kappa shape index (κ3) is 8.05. The molecule has 2 amide bonds. The number of aromatic nitrogens is 1. The first-order chi connectivity index (χ1) is 24.0. The Morgan fingerprint density at radius 1 is 1.04 bits per heavy atom. The number of nitrogens with one attached hydrogen (secondary N) is 1. The van der Waals surface area contributed by atoms with Gasteiger partial charge in [0.25, 0.3) is 5.91 Å². The van der Waals surface area contributed by atoms with Crippen molar-refractivity contribution >= 4 is 57.9 Å². The summed E-state index contributed by atoms with van der Waals surface area (Å²) < 4.78 is 22.0. The summed E-state index contributed by atoms with van der Waals surface area (Å²) >= 11 is 13.4. The molecule has 0 bridgehead atoms. The highest BCUT2D eigenvalue weighted by Crippen LogP contribution is 2.33. The van der Waals surface area contributed by atoms with E-state index in [1.165, 1.54) is 0 Å². The first kappa shape index (κ1) is 36.8. The predicted octanol–water partition coefficient (Wildman–Crippen LogP) is 6.39. The Balaban J connectivity index is 1.13. The van der Waals surface area contributed by atoms with Gasteiger partial charge >= 0.3 is 0 Å². The summed E-state index contributed by atoms with van der Waals surface area (Å²) in [6.07, 6.45) is 7.12. The lowest BCUT2D eigenvalue weighted by Crippen LogP contribution is -2.57. The standard InChI is InChI=1S/C38H48Cl2FN5O4/c1-38(2,24-41)45-14-12-44(13-15-45)27-18-28(23-50-29-10-8-25(22-47)9-11-29)46(20-27)36(48)17-26-16-33(40)34(19-32(26)39)42-37(49)31-21-43(3)35-7-5-4-6-30(31)35/h4-7,16,19,21-22,25,27-29H,8-15,17-18,20,23-24H2,1-3H3,(H,42,49)/t25-,27-,28-,29-/m0/s1. The normalized spacial score (nSPS) is 23.8. The van der Waals surface area contributed by atoms with Gasteiger partial charge in [-0.05, 0) is 69.7 Å². The van der Waals surface area contributed by atoms with Crippen LogP contribution in [0.5, 0.6) is 0 Å². The molecular weight excluding hydrogens is 680 g/mol. The van der Waals surface area contributed by atoms with Crippen molar-refractivity contribution in [1.29, 1.82) is 0 Å². The Kier molecular flexibility index (Phi) is 11.5. The lowest BCUT2D eigenvalue weighted by molar-refractivity contribution is -0.133. The highest BCUT2D eigenvalue weighted by Gasteiger charge is 2.40. The van der Waals surface area contributed by atoms with E-state index in [9.17, 15) is 18.8 Å². The van der Waals surface area contributed by atoms with Crippen molar-refractivity contribution in [3.8, 4) is 0 Å². The van der Waals surface area contributed by atoms with E-state index >= 15 is 0 Å². The van der Waals surface area contributed by atoms with E-state index in [0.717, 1.165) is 75.5 Å². The second-order valence-corrected chi connectivity index (χ2v) is 15.6. The van der Waals surface area contributed by atoms with Gasteiger partial charge in [0.05, 0.1) is 41.4 Å². The minimum atomic E-state index is -0.488. The number of aryl methyl sites for hydroxylation is 1. The molecule has 3 heterocycles. The number of piperazine rings is 1. The fraction of sp³-hybridized carbons (Fsp3) is 0.553. The number of ether oxygens (including phenoxy) is 1. The van der Waals surface area contributed by atoms with Gasteiger partial charge in [0.15, 0.2) is 0 Å². The number of fused-ring (bicyclic) bond motifs is 1. The quantitative estimate of drug-likeness (QED) is 0.231. The van der Waals surface area contributed by atoms with E-state index in [2.05, 4.69) is 15.1 Å². The number of carbonyl (C=O) groups excluding carboxylic acids is 3. The molecule has 1 N–H and O–H groups in total. The summed E-state index contributed by atoms with van der Waals surface area (Å²) in [5.74, 6) is -0.254. The van der Waals surface area contributed by atoms with Gasteiger partial charge in [0, 0.05) is 79.4 Å². The van der Waals surface area contributed by atoms with E-state index < -0.39 is 12.2 Å². The molecule has 0 spiro atoms. The number of hydrogen-bond acceptors (Lipinski definition) is 6. The maximum absolute atomic E-state index is 14.0. The third-order valence-electron chi connectivity index (χ3n) is 11.0. The molecule has 12 heteroatoms. The van der Waals surface area contributed by atoms with Gasteiger partial charge in [-0.3, -0.25) is 19.4 Å². The number of aldehydes is 1. The first-order valence-electron chi connectivity index (χ1n) is 17.7. The van der Waals surface area contributed by atoms with Crippen molar-refractivity contribution in [3.05, 3.63) is 63.8 Å². The highest BCUT2D eigenvalue weighted by atomic mass is 35.5. The maximum atomic E-state index is 14.0. The number of anilines is 1. The van der Waals surface area contributed by atoms with Gasteiger partial charge in [-0.25, -0.2) is 4.39 Å². The Labute approximate surface area is 304 Å². The lowest BCUT2D eigenvalue weighted by Gasteiger charge is -2.44. The minimum absolute atomic E-state index is 0.0578. The van der Waals surface area contributed by atoms with Gasteiger partial charge in [0.2, 0.25) is 5.91 Å². The Morgan fingerprint density at radius 3 is 2.46 bits per heavy atom. The van der Waals surface area contributed by atoms with Crippen LogP contribution >= 0.6 is 23.2 Å². The first-order valence-corrected chi connectivity index (χ1v) is 18.5. The molecule has 0 radical (unpaired) electrons. The molecule has 1 saturated carbocycles. The molecule has 1 aliphatic carbocycles. The zero-order valence-corrected chi connectivity index (χ0v) is 30.7. The highest BCUT2D eigenvalue weighted by molar-refractivity contribution is 6.36. The van der Waals surface area contributed by atoms with Crippen LogP contribution in [-0.4, -0.2) is 107 Å².